The van der Waals surface area contributed by atoms with Crippen LogP contribution in [0.15, 0.2) is 30.3 Å². The van der Waals surface area contributed by atoms with Gasteiger partial charge in [0, 0.05) is 6.54 Å². The summed E-state index contributed by atoms with van der Waals surface area (Å²) in [6, 6.07) is 9.62. The third-order valence-electron chi connectivity index (χ3n) is 2.30. The van der Waals surface area contributed by atoms with Gasteiger partial charge in [0.25, 0.3) is 0 Å². The maximum atomic E-state index is 11.9. The van der Waals surface area contributed by atoms with Crippen molar-refractivity contribution in [3.8, 4) is 0 Å². The fraction of sp³-hybridized carbons (Fsp3) is 0.385. The van der Waals surface area contributed by atoms with Crippen molar-refractivity contribution in [2.45, 2.75) is 18.6 Å². The lowest BCUT2D eigenvalue weighted by atomic mass is 10.2. The SMILES string of the molecule is CC(C)(SC(=S)c1ccccc1)C(=O)NCCO. The van der Waals surface area contributed by atoms with Crippen LogP contribution in [-0.4, -0.2) is 33.1 Å². The molecule has 5 heteroatoms. The van der Waals surface area contributed by atoms with E-state index in [0.717, 1.165) is 5.56 Å². The lowest BCUT2D eigenvalue weighted by molar-refractivity contribution is -0.122. The first-order chi connectivity index (χ1) is 8.47. The van der Waals surface area contributed by atoms with Crippen LogP contribution in [0.4, 0.5) is 0 Å². The van der Waals surface area contributed by atoms with Gasteiger partial charge in [-0.2, -0.15) is 0 Å². The summed E-state index contributed by atoms with van der Waals surface area (Å²) in [5, 5.41) is 11.4. The molecule has 1 amide bonds. The van der Waals surface area contributed by atoms with Gasteiger partial charge in [0.05, 0.1) is 15.6 Å². The Balaban J connectivity index is 2.65. The number of amides is 1. The van der Waals surface area contributed by atoms with Crippen molar-refractivity contribution in [1.82, 2.24) is 5.32 Å². The number of rotatable bonds is 5. The normalized spacial score (nSPS) is 11.1. The minimum atomic E-state index is -0.651. The molecule has 0 saturated carbocycles. The van der Waals surface area contributed by atoms with Gasteiger partial charge in [-0.25, -0.2) is 0 Å². The third-order valence-corrected chi connectivity index (χ3v) is 3.90. The summed E-state index contributed by atoms with van der Waals surface area (Å²) in [7, 11) is 0. The van der Waals surface area contributed by atoms with Crippen molar-refractivity contribution < 1.29 is 9.90 Å². The van der Waals surface area contributed by atoms with Gasteiger partial charge in [0.1, 0.15) is 0 Å². The molecule has 0 aliphatic heterocycles. The summed E-state index contributed by atoms with van der Waals surface area (Å²) < 4.78 is 0.0435. The Morgan fingerprint density at radius 2 is 2.00 bits per heavy atom. The van der Waals surface area contributed by atoms with E-state index in [1.54, 1.807) is 0 Å². The summed E-state index contributed by atoms with van der Waals surface area (Å²) in [6.45, 7) is 3.84. The Morgan fingerprint density at radius 3 is 2.56 bits per heavy atom. The lowest BCUT2D eigenvalue weighted by Crippen LogP contribution is -2.41. The van der Waals surface area contributed by atoms with E-state index in [2.05, 4.69) is 5.32 Å². The maximum absolute atomic E-state index is 11.9. The molecule has 98 valence electrons. The van der Waals surface area contributed by atoms with Crippen molar-refractivity contribution in [2.75, 3.05) is 13.2 Å². The van der Waals surface area contributed by atoms with Crippen LogP contribution in [0.25, 0.3) is 0 Å². The summed E-state index contributed by atoms with van der Waals surface area (Å²) in [6.07, 6.45) is 0. The monoisotopic (exact) mass is 283 g/mol. The largest absolute Gasteiger partial charge is 0.395 e. The zero-order valence-corrected chi connectivity index (χ0v) is 12.1. The quantitative estimate of drug-likeness (QED) is 0.811. The maximum Gasteiger partial charge on any atom is 0.236 e. The summed E-state index contributed by atoms with van der Waals surface area (Å²) in [5.41, 5.74) is 0.945. The fourth-order valence-corrected chi connectivity index (χ4v) is 2.94. The smallest absolute Gasteiger partial charge is 0.236 e. The number of nitrogens with one attached hydrogen (secondary N) is 1. The highest BCUT2D eigenvalue weighted by atomic mass is 32.2. The van der Waals surface area contributed by atoms with E-state index in [-0.39, 0.29) is 19.1 Å². The molecule has 0 bridgehead atoms. The molecule has 1 aromatic carbocycles. The second-order valence-corrected chi connectivity index (χ2v) is 6.55. The Hall–Kier alpha value is -0.910. The van der Waals surface area contributed by atoms with E-state index in [1.807, 2.05) is 44.2 Å². The van der Waals surface area contributed by atoms with Crippen molar-refractivity contribution in [3.05, 3.63) is 35.9 Å². The number of thioether (sulfide) groups is 1. The molecule has 0 fully saturated rings. The lowest BCUT2D eigenvalue weighted by Gasteiger charge is -2.23. The Labute approximate surface area is 117 Å². The number of carbonyl (C=O) groups is 1. The van der Waals surface area contributed by atoms with Crippen molar-refractivity contribution in [1.29, 1.82) is 0 Å². The first kappa shape index (κ1) is 15.1. The molecule has 18 heavy (non-hydrogen) atoms. The topological polar surface area (TPSA) is 49.3 Å². The van der Waals surface area contributed by atoms with Crippen molar-refractivity contribution >= 4 is 34.1 Å². The van der Waals surface area contributed by atoms with Crippen LogP contribution < -0.4 is 5.32 Å². The van der Waals surface area contributed by atoms with E-state index in [0.29, 0.717) is 4.20 Å². The van der Waals surface area contributed by atoms with E-state index in [9.17, 15) is 4.79 Å². The number of thiocarbonyl (C=S) groups is 1. The van der Waals surface area contributed by atoms with Crippen LogP contribution in [0, 0.1) is 0 Å². The highest BCUT2D eigenvalue weighted by Crippen LogP contribution is 2.29. The first-order valence-corrected chi connectivity index (χ1v) is 6.87. The molecule has 3 nitrogen and oxygen atoms in total. The molecule has 1 rings (SSSR count). The third kappa shape index (κ3) is 4.40. The summed E-state index contributed by atoms with van der Waals surface area (Å²) in [4.78, 5) is 11.9. The van der Waals surface area contributed by atoms with Crippen LogP contribution in [0.1, 0.15) is 19.4 Å². The average Bonchev–Trinajstić information content (AvgIpc) is 2.36. The van der Waals surface area contributed by atoms with Gasteiger partial charge < -0.3 is 10.4 Å². The number of carbonyl (C=O) groups excluding carboxylic acids is 1. The van der Waals surface area contributed by atoms with Crippen LogP contribution in [0.5, 0.6) is 0 Å². The van der Waals surface area contributed by atoms with E-state index in [1.165, 1.54) is 11.8 Å². The Kier molecular flexibility index (Phi) is 5.78. The second-order valence-electron chi connectivity index (χ2n) is 4.25. The van der Waals surface area contributed by atoms with Gasteiger partial charge >= 0.3 is 0 Å². The fourth-order valence-electron chi connectivity index (χ4n) is 1.29. The molecule has 1 aromatic rings. The van der Waals surface area contributed by atoms with Gasteiger partial charge in [-0.3, -0.25) is 4.79 Å². The minimum absolute atomic E-state index is 0.0599. The van der Waals surface area contributed by atoms with Gasteiger partial charge in [-0.15, -0.1) is 0 Å². The molecule has 0 aliphatic rings. The molecule has 0 radical (unpaired) electrons. The Bertz CT molecular complexity index is 418. The summed E-state index contributed by atoms with van der Waals surface area (Å²) >= 11 is 6.69. The first-order valence-electron chi connectivity index (χ1n) is 5.65. The number of aliphatic hydroxyl groups is 1. The number of hydrogen-bond acceptors (Lipinski definition) is 4. The molecule has 0 atom stereocenters. The molecular formula is C13H17NO2S2. The molecule has 0 saturated heterocycles. The van der Waals surface area contributed by atoms with Gasteiger partial charge in [-0.1, -0.05) is 54.3 Å². The van der Waals surface area contributed by atoms with E-state index < -0.39 is 4.75 Å². The zero-order valence-electron chi connectivity index (χ0n) is 10.5. The average molecular weight is 283 g/mol. The van der Waals surface area contributed by atoms with Gasteiger partial charge in [0.15, 0.2) is 0 Å². The second kappa shape index (κ2) is 6.87. The van der Waals surface area contributed by atoms with Crippen LogP contribution >= 0.6 is 24.0 Å². The predicted molar refractivity (Wildman–Crippen MR) is 79.9 cm³/mol. The molecule has 0 aromatic heterocycles. The number of benzene rings is 1. The molecule has 0 heterocycles. The number of aliphatic hydroxyl groups excluding tert-OH is 1. The molecule has 0 unspecified atom stereocenters. The van der Waals surface area contributed by atoms with Gasteiger partial charge in [-0.05, 0) is 19.4 Å². The van der Waals surface area contributed by atoms with Crippen LogP contribution in [0.3, 0.4) is 0 Å². The summed E-state index contributed by atoms with van der Waals surface area (Å²) in [5.74, 6) is -0.125. The molecule has 0 aliphatic carbocycles. The standard InChI is InChI=1S/C13H17NO2S2/c1-13(2,12(16)14-8-9-15)18-11(17)10-6-4-3-5-7-10/h3-7,15H,8-9H2,1-2H3,(H,14,16). The van der Waals surface area contributed by atoms with Crippen LogP contribution in [-0.2, 0) is 4.79 Å². The van der Waals surface area contributed by atoms with Crippen molar-refractivity contribution in [3.63, 3.8) is 0 Å². The molecule has 0 spiro atoms. The molecule has 2 N–H and O–H groups in total. The van der Waals surface area contributed by atoms with Crippen molar-refractivity contribution in [2.24, 2.45) is 0 Å². The Morgan fingerprint density at radius 1 is 1.39 bits per heavy atom. The minimum Gasteiger partial charge on any atom is -0.395 e. The zero-order chi connectivity index (χ0) is 13.6. The van der Waals surface area contributed by atoms with E-state index in [4.69, 9.17) is 17.3 Å². The highest BCUT2D eigenvalue weighted by molar-refractivity contribution is 8.25. The van der Waals surface area contributed by atoms with Crippen LogP contribution in [0.2, 0.25) is 0 Å². The highest BCUT2D eigenvalue weighted by Gasteiger charge is 2.29. The number of hydrogen-bond donors (Lipinski definition) is 2. The van der Waals surface area contributed by atoms with E-state index >= 15 is 0 Å². The predicted octanol–water partition coefficient (Wildman–Crippen LogP) is 1.98. The van der Waals surface area contributed by atoms with Gasteiger partial charge in [0.2, 0.25) is 5.91 Å². The molecular weight excluding hydrogens is 266 g/mol.